The summed E-state index contributed by atoms with van der Waals surface area (Å²) < 4.78 is 0. The number of rotatable bonds is 3. The number of hydrogen-bond donors (Lipinski definition) is 1. The van der Waals surface area contributed by atoms with Crippen LogP contribution in [-0.4, -0.2) is 50.7 Å². The number of aryl methyl sites for hydroxylation is 2. The molecule has 0 bridgehead atoms. The summed E-state index contributed by atoms with van der Waals surface area (Å²) >= 11 is 1.40. The zero-order valence-electron chi connectivity index (χ0n) is 12.6. The van der Waals surface area contributed by atoms with Crippen molar-refractivity contribution in [3.05, 3.63) is 17.1 Å². The predicted molar refractivity (Wildman–Crippen MR) is 79.5 cm³/mol. The molecule has 0 saturated carbocycles. The standard InChI is InChI=1S/C14H19N3O3S/c1-7-11(12(21-4)16-9(3)15-7)13(18)17-6-5-10(8(17)2)14(19)20/h8,10H,5-6H2,1-4H3,(H,19,20). The van der Waals surface area contributed by atoms with Crippen LogP contribution in [0.15, 0.2) is 5.03 Å². The van der Waals surface area contributed by atoms with Crippen molar-refractivity contribution in [1.82, 2.24) is 14.9 Å². The Morgan fingerprint density at radius 3 is 2.52 bits per heavy atom. The predicted octanol–water partition coefficient (Wildman–Crippen LogP) is 1.75. The minimum Gasteiger partial charge on any atom is -0.481 e. The lowest BCUT2D eigenvalue weighted by atomic mass is 10.0. The van der Waals surface area contributed by atoms with E-state index in [1.54, 1.807) is 25.7 Å². The van der Waals surface area contributed by atoms with E-state index in [-0.39, 0.29) is 11.9 Å². The van der Waals surface area contributed by atoms with Gasteiger partial charge in [0.1, 0.15) is 10.9 Å². The molecule has 0 aromatic carbocycles. The lowest BCUT2D eigenvalue weighted by molar-refractivity contribution is -0.142. The van der Waals surface area contributed by atoms with Gasteiger partial charge in [-0.25, -0.2) is 9.97 Å². The third kappa shape index (κ3) is 2.88. The SMILES string of the molecule is CSc1nc(C)nc(C)c1C(=O)N1CCC(C(=O)O)C1C. The van der Waals surface area contributed by atoms with Crippen molar-refractivity contribution in [2.75, 3.05) is 12.8 Å². The van der Waals surface area contributed by atoms with Crippen LogP contribution in [0.4, 0.5) is 0 Å². The molecule has 1 amide bonds. The highest BCUT2D eigenvalue weighted by Crippen LogP contribution is 2.29. The van der Waals surface area contributed by atoms with Gasteiger partial charge in [0.15, 0.2) is 0 Å². The van der Waals surface area contributed by atoms with E-state index in [1.165, 1.54) is 11.8 Å². The smallest absolute Gasteiger partial charge is 0.308 e. The number of carboxylic acids is 1. The van der Waals surface area contributed by atoms with Gasteiger partial charge in [-0.2, -0.15) is 0 Å². The fourth-order valence-corrected chi connectivity index (χ4v) is 3.44. The van der Waals surface area contributed by atoms with E-state index in [0.717, 1.165) is 0 Å². The van der Waals surface area contributed by atoms with Crippen molar-refractivity contribution >= 4 is 23.6 Å². The highest BCUT2D eigenvalue weighted by atomic mass is 32.2. The lowest BCUT2D eigenvalue weighted by Gasteiger charge is -2.24. The fraction of sp³-hybridized carbons (Fsp3) is 0.571. The summed E-state index contributed by atoms with van der Waals surface area (Å²) in [6, 6.07) is -0.314. The van der Waals surface area contributed by atoms with Gasteiger partial charge in [-0.15, -0.1) is 11.8 Å². The summed E-state index contributed by atoms with van der Waals surface area (Å²) in [7, 11) is 0. The van der Waals surface area contributed by atoms with E-state index >= 15 is 0 Å². The van der Waals surface area contributed by atoms with Crippen LogP contribution in [0, 0.1) is 19.8 Å². The molecular weight excluding hydrogens is 290 g/mol. The second-order valence-corrected chi connectivity index (χ2v) is 6.01. The molecule has 1 aliphatic rings. The second-order valence-electron chi connectivity index (χ2n) is 5.21. The number of carboxylic acid groups (broad SMARTS) is 1. The number of hydrogen-bond acceptors (Lipinski definition) is 5. The van der Waals surface area contributed by atoms with Gasteiger partial charge in [0.05, 0.1) is 17.2 Å². The Morgan fingerprint density at radius 1 is 1.33 bits per heavy atom. The van der Waals surface area contributed by atoms with Gasteiger partial charge in [0, 0.05) is 12.6 Å². The van der Waals surface area contributed by atoms with Gasteiger partial charge in [-0.3, -0.25) is 9.59 Å². The number of aromatic nitrogens is 2. The zero-order chi connectivity index (χ0) is 15.7. The minimum atomic E-state index is -0.847. The van der Waals surface area contributed by atoms with Crippen LogP contribution in [0.25, 0.3) is 0 Å². The van der Waals surface area contributed by atoms with E-state index in [2.05, 4.69) is 9.97 Å². The monoisotopic (exact) mass is 309 g/mol. The molecule has 114 valence electrons. The number of carbonyl (C=O) groups excluding carboxylic acids is 1. The van der Waals surface area contributed by atoms with Crippen molar-refractivity contribution in [2.45, 2.75) is 38.3 Å². The van der Waals surface area contributed by atoms with E-state index in [9.17, 15) is 14.7 Å². The molecule has 1 saturated heterocycles. The number of nitrogens with zero attached hydrogens (tertiary/aromatic N) is 3. The first-order valence-corrected chi connectivity index (χ1v) is 8.02. The molecule has 2 rings (SSSR count). The summed E-state index contributed by atoms with van der Waals surface area (Å²) in [6.45, 7) is 5.82. The molecule has 1 aromatic rings. The highest BCUT2D eigenvalue weighted by Gasteiger charge is 2.39. The third-order valence-corrected chi connectivity index (χ3v) is 4.59. The van der Waals surface area contributed by atoms with Gasteiger partial charge in [0.25, 0.3) is 5.91 Å². The van der Waals surface area contributed by atoms with Crippen LogP contribution in [0.2, 0.25) is 0 Å². The molecular formula is C14H19N3O3S. The summed E-state index contributed by atoms with van der Waals surface area (Å²) in [4.78, 5) is 34.2. The Morgan fingerprint density at radius 2 is 2.00 bits per heavy atom. The van der Waals surface area contributed by atoms with Crippen molar-refractivity contribution < 1.29 is 14.7 Å². The van der Waals surface area contributed by atoms with Crippen molar-refractivity contribution in [1.29, 1.82) is 0 Å². The van der Waals surface area contributed by atoms with E-state index < -0.39 is 11.9 Å². The van der Waals surface area contributed by atoms with Crippen molar-refractivity contribution in [3.63, 3.8) is 0 Å². The average molecular weight is 309 g/mol. The van der Waals surface area contributed by atoms with Crippen LogP contribution >= 0.6 is 11.8 Å². The van der Waals surface area contributed by atoms with Gasteiger partial charge in [-0.1, -0.05) is 0 Å². The molecule has 0 aliphatic carbocycles. The number of aliphatic carboxylic acids is 1. The quantitative estimate of drug-likeness (QED) is 0.676. The summed E-state index contributed by atoms with van der Waals surface area (Å²) in [6.07, 6.45) is 2.36. The van der Waals surface area contributed by atoms with Gasteiger partial charge in [0.2, 0.25) is 0 Å². The number of amides is 1. The zero-order valence-corrected chi connectivity index (χ0v) is 13.4. The molecule has 6 nitrogen and oxygen atoms in total. The number of carbonyl (C=O) groups is 2. The molecule has 0 spiro atoms. The topological polar surface area (TPSA) is 83.4 Å². The molecule has 1 N–H and O–H groups in total. The summed E-state index contributed by atoms with van der Waals surface area (Å²) in [5.74, 6) is -0.891. The van der Waals surface area contributed by atoms with Crippen LogP contribution in [0.1, 0.15) is 35.2 Å². The molecule has 7 heteroatoms. The molecule has 2 unspecified atom stereocenters. The number of thioether (sulfide) groups is 1. The first-order chi connectivity index (χ1) is 9.86. The maximum Gasteiger partial charge on any atom is 0.308 e. The van der Waals surface area contributed by atoms with E-state index in [4.69, 9.17) is 0 Å². The van der Waals surface area contributed by atoms with Gasteiger partial charge in [-0.05, 0) is 33.4 Å². The Labute approximate surface area is 128 Å². The summed E-state index contributed by atoms with van der Waals surface area (Å²) in [5, 5.41) is 9.83. The Hall–Kier alpha value is -1.63. The van der Waals surface area contributed by atoms with Crippen LogP contribution < -0.4 is 0 Å². The second kappa shape index (κ2) is 6.01. The normalized spacial score (nSPS) is 21.6. The summed E-state index contributed by atoms with van der Waals surface area (Å²) in [5.41, 5.74) is 1.13. The molecule has 1 aromatic heterocycles. The fourth-order valence-electron chi connectivity index (χ4n) is 2.78. The molecule has 2 heterocycles. The van der Waals surface area contributed by atoms with Crippen LogP contribution in [0.3, 0.4) is 0 Å². The number of likely N-dealkylation sites (tertiary alicyclic amines) is 1. The highest BCUT2D eigenvalue weighted by molar-refractivity contribution is 7.98. The van der Waals surface area contributed by atoms with Crippen molar-refractivity contribution in [2.24, 2.45) is 5.92 Å². The van der Waals surface area contributed by atoms with E-state index in [0.29, 0.717) is 35.1 Å². The van der Waals surface area contributed by atoms with Crippen LogP contribution in [0.5, 0.6) is 0 Å². The third-order valence-electron chi connectivity index (χ3n) is 3.91. The average Bonchev–Trinajstić information content (AvgIpc) is 2.79. The molecule has 0 radical (unpaired) electrons. The van der Waals surface area contributed by atoms with Gasteiger partial charge < -0.3 is 10.0 Å². The van der Waals surface area contributed by atoms with Gasteiger partial charge >= 0.3 is 5.97 Å². The first kappa shape index (κ1) is 15.8. The van der Waals surface area contributed by atoms with E-state index in [1.807, 2.05) is 6.26 Å². The Kier molecular flexibility index (Phi) is 4.51. The molecule has 21 heavy (non-hydrogen) atoms. The maximum atomic E-state index is 12.8. The molecule has 1 fully saturated rings. The van der Waals surface area contributed by atoms with Crippen molar-refractivity contribution in [3.8, 4) is 0 Å². The lowest BCUT2D eigenvalue weighted by Crippen LogP contribution is -2.38. The van der Waals surface area contributed by atoms with Crippen LogP contribution in [-0.2, 0) is 4.79 Å². The Balaban J connectivity index is 2.36. The maximum absolute atomic E-state index is 12.8. The largest absolute Gasteiger partial charge is 0.481 e. The Bertz CT molecular complexity index is 591. The molecule has 1 aliphatic heterocycles. The first-order valence-electron chi connectivity index (χ1n) is 6.79. The molecule has 2 atom stereocenters. The minimum absolute atomic E-state index is 0.173.